The lowest BCUT2D eigenvalue weighted by molar-refractivity contribution is 0.118. The third kappa shape index (κ3) is 4.11. The number of hydrogen-bond donors (Lipinski definition) is 3. The summed E-state index contributed by atoms with van der Waals surface area (Å²) in [6.07, 6.45) is 2.92. The molecule has 1 aromatic carbocycles. The zero-order valence-corrected chi connectivity index (χ0v) is 12.9. The fourth-order valence-corrected chi connectivity index (χ4v) is 2.86. The molecule has 0 bridgehead atoms. The van der Waals surface area contributed by atoms with E-state index in [4.69, 9.17) is 4.74 Å². The van der Waals surface area contributed by atoms with Crippen molar-refractivity contribution in [3.8, 4) is 5.75 Å². The minimum atomic E-state index is -0.219. The number of aliphatic hydroxyl groups is 1. The second-order valence-corrected chi connectivity index (χ2v) is 5.81. The summed E-state index contributed by atoms with van der Waals surface area (Å²) in [5.74, 6) is 0.720. The van der Waals surface area contributed by atoms with Crippen molar-refractivity contribution in [3.05, 3.63) is 22.7 Å². The molecular formula is C14H19BrN2O3. The molecule has 1 aliphatic rings. The highest BCUT2D eigenvalue weighted by Crippen LogP contribution is 2.27. The van der Waals surface area contributed by atoms with Gasteiger partial charge in [-0.3, -0.25) is 0 Å². The summed E-state index contributed by atoms with van der Waals surface area (Å²) >= 11 is 3.38. The number of benzene rings is 1. The van der Waals surface area contributed by atoms with Crippen LogP contribution in [0.1, 0.15) is 25.7 Å². The van der Waals surface area contributed by atoms with Crippen molar-refractivity contribution in [1.29, 1.82) is 0 Å². The first-order valence-electron chi connectivity index (χ1n) is 6.67. The lowest BCUT2D eigenvalue weighted by atomic mass is 9.93. The Morgan fingerprint density at radius 3 is 2.65 bits per heavy atom. The Morgan fingerprint density at radius 1 is 1.35 bits per heavy atom. The molecule has 0 aromatic heterocycles. The Balaban J connectivity index is 1.86. The molecule has 1 saturated carbocycles. The van der Waals surface area contributed by atoms with Crippen molar-refractivity contribution in [2.45, 2.75) is 37.8 Å². The van der Waals surface area contributed by atoms with Crippen LogP contribution < -0.4 is 15.4 Å². The molecule has 1 aliphatic carbocycles. The molecule has 1 aromatic rings. The molecule has 0 atom stereocenters. The first kappa shape index (κ1) is 15.1. The number of hydrogen-bond acceptors (Lipinski definition) is 3. The first-order chi connectivity index (χ1) is 9.58. The first-order valence-corrected chi connectivity index (χ1v) is 7.47. The van der Waals surface area contributed by atoms with Crippen molar-refractivity contribution in [2.75, 3.05) is 12.4 Å². The molecule has 5 nitrogen and oxygen atoms in total. The monoisotopic (exact) mass is 342 g/mol. The highest BCUT2D eigenvalue weighted by molar-refractivity contribution is 9.10. The summed E-state index contributed by atoms with van der Waals surface area (Å²) in [6, 6.07) is 5.29. The van der Waals surface area contributed by atoms with Crippen molar-refractivity contribution in [3.63, 3.8) is 0 Å². The number of carbonyl (C=O) groups excluding carboxylic acids is 1. The standard InChI is InChI=1S/C14H19BrN2O3/c1-20-13-7-4-10(8-12(13)15)17-14(19)16-9-2-5-11(18)6-3-9/h4,7-9,11,18H,2-3,5-6H2,1H3,(H2,16,17,19). The molecule has 3 N–H and O–H groups in total. The number of urea groups is 1. The maximum atomic E-state index is 11.9. The van der Waals surface area contributed by atoms with Crippen LogP contribution in [-0.2, 0) is 0 Å². The van der Waals surface area contributed by atoms with Gasteiger partial charge in [0.05, 0.1) is 17.7 Å². The molecule has 0 radical (unpaired) electrons. The molecule has 0 heterocycles. The summed E-state index contributed by atoms with van der Waals surface area (Å²) in [5.41, 5.74) is 0.700. The molecule has 20 heavy (non-hydrogen) atoms. The number of aliphatic hydroxyl groups excluding tert-OH is 1. The van der Waals surface area contributed by atoms with Crippen molar-refractivity contribution < 1.29 is 14.6 Å². The Hall–Kier alpha value is -1.27. The van der Waals surface area contributed by atoms with E-state index in [2.05, 4.69) is 26.6 Å². The van der Waals surface area contributed by atoms with Crippen LogP contribution in [0.5, 0.6) is 5.75 Å². The van der Waals surface area contributed by atoms with E-state index in [1.807, 2.05) is 0 Å². The van der Waals surface area contributed by atoms with Gasteiger partial charge in [-0.2, -0.15) is 0 Å². The summed E-state index contributed by atoms with van der Waals surface area (Å²) < 4.78 is 5.93. The van der Waals surface area contributed by atoms with Gasteiger partial charge in [0.25, 0.3) is 0 Å². The maximum Gasteiger partial charge on any atom is 0.319 e. The number of carbonyl (C=O) groups is 1. The van der Waals surface area contributed by atoms with Crippen molar-refractivity contribution >= 4 is 27.6 Å². The van der Waals surface area contributed by atoms with E-state index in [1.165, 1.54) is 0 Å². The van der Waals surface area contributed by atoms with E-state index < -0.39 is 0 Å². The van der Waals surface area contributed by atoms with Gasteiger partial charge in [0, 0.05) is 11.7 Å². The average Bonchev–Trinajstić information content (AvgIpc) is 2.41. The van der Waals surface area contributed by atoms with Gasteiger partial charge in [-0.05, 0) is 59.8 Å². The molecule has 2 amide bonds. The van der Waals surface area contributed by atoms with Gasteiger partial charge in [0.2, 0.25) is 0 Å². The van der Waals surface area contributed by atoms with E-state index in [0.717, 1.165) is 35.9 Å². The van der Waals surface area contributed by atoms with Gasteiger partial charge in [0.1, 0.15) is 5.75 Å². The Kier molecular flexibility index (Phi) is 5.25. The molecule has 0 aliphatic heterocycles. The van der Waals surface area contributed by atoms with Crippen LogP contribution in [0.4, 0.5) is 10.5 Å². The van der Waals surface area contributed by atoms with Crippen LogP contribution in [0, 0.1) is 0 Å². The normalized spacial score (nSPS) is 22.1. The summed E-state index contributed by atoms with van der Waals surface area (Å²) in [5, 5.41) is 15.2. The molecule has 1 fully saturated rings. The lowest BCUT2D eigenvalue weighted by Gasteiger charge is -2.26. The van der Waals surface area contributed by atoms with Gasteiger partial charge in [-0.25, -0.2) is 4.79 Å². The van der Waals surface area contributed by atoms with E-state index >= 15 is 0 Å². The predicted molar refractivity (Wildman–Crippen MR) is 81.1 cm³/mol. The van der Waals surface area contributed by atoms with E-state index in [0.29, 0.717) is 5.69 Å². The highest BCUT2D eigenvalue weighted by Gasteiger charge is 2.20. The molecule has 0 unspecified atom stereocenters. The van der Waals surface area contributed by atoms with Crippen LogP contribution in [0.15, 0.2) is 22.7 Å². The van der Waals surface area contributed by atoms with E-state index in [1.54, 1.807) is 25.3 Å². The Morgan fingerprint density at radius 2 is 2.05 bits per heavy atom. The minimum Gasteiger partial charge on any atom is -0.496 e. The Labute approximate surface area is 126 Å². The van der Waals surface area contributed by atoms with Gasteiger partial charge in [-0.15, -0.1) is 0 Å². The van der Waals surface area contributed by atoms with Gasteiger partial charge in [0.15, 0.2) is 0 Å². The predicted octanol–water partition coefficient (Wildman–Crippen LogP) is 2.88. The van der Waals surface area contributed by atoms with E-state index in [-0.39, 0.29) is 18.2 Å². The molecule has 2 rings (SSSR count). The van der Waals surface area contributed by atoms with Crippen LogP contribution in [-0.4, -0.2) is 30.4 Å². The highest BCUT2D eigenvalue weighted by atomic mass is 79.9. The summed E-state index contributed by atoms with van der Waals surface area (Å²) in [7, 11) is 1.59. The second-order valence-electron chi connectivity index (χ2n) is 4.95. The Bertz CT molecular complexity index is 473. The van der Waals surface area contributed by atoms with E-state index in [9.17, 15) is 9.90 Å². The third-order valence-electron chi connectivity index (χ3n) is 3.44. The summed E-state index contributed by atoms with van der Waals surface area (Å²) in [6.45, 7) is 0. The molecule has 0 saturated heterocycles. The van der Waals surface area contributed by atoms with Crippen LogP contribution in [0.2, 0.25) is 0 Å². The maximum absolute atomic E-state index is 11.9. The molecule has 110 valence electrons. The summed E-state index contributed by atoms with van der Waals surface area (Å²) in [4.78, 5) is 11.9. The SMILES string of the molecule is COc1ccc(NC(=O)NC2CCC(O)CC2)cc1Br. The van der Waals surface area contributed by atoms with Crippen LogP contribution >= 0.6 is 15.9 Å². The second kappa shape index (κ2) is 6.95. The lowest BCUT2D eigenvalue weighted by Crippen LogP contribution is -2.40. The smallest absolute Gasteiger partial charge is 0.319 e. The molecule has 0 spiro atoms. The quantitative estimate of drug-likeness (QED) is 0.790. The molecule has 6 heteroatoms. The van der Waals surface area contributed by atoms with Crippen LogP contribution in [0.25, 0.3) is 0 Å². The fourth-order valence-electron chi connectivity index (χ4n) is 2.32. The number of anilines is 1. The number of amides is 2. The topological polar surface area (TPSA) is 70.6 Å². The number of nitrogens with one attached hydrogen (secondary N) is 2. The van der Waals surface area contributed by atoms with Gasteiger partial charge in [-0.1, -0.05) is 0 Å². The largest absolute Gasteiger partial charge is 0.496 e. The number of methoxy groups -OCH3 is 1. The van der Waals surface area contributed by atoms with Gasteiger partial charge >= 0.3 is 6.03 Å². The van der Waals surface area contributed by atoms with Crippen LogP contribution in [0.3, 0.4) is 0 Å². The number of halogens is 1. The zero-order chi connectivity index (χ0) is 14.5. The van der Waals surface area contributed by atoms with Crippen molar-refractivity contribution in [2.24, 2.45) is 0 Å². The average molecular weight is 343 g/mol. The van der Waals surface area contributed by atoms with Gasteiger partial charge < -0.3 is 20.5 Å². The minimum absolute atomic E-state index is 0.139. The zero-order valence-electron chi connectivity index (χ0n) is 11.4. The number of rotatable bonds is 3. The fraction of sp³-hybridized carbons (Fsp3) is 0.500. The molecular weight excluding hydrogens is 324 g/mol. The van der Waals surface area contributed by atoms with Crippen molar-refractivity contribution in [1.82, 2.24) is 5.32 Å². The third-order valence-corrected chi connectivity index (χ3v) is 4.06. The number of ether oxygens (including phenoxy) is 1.